The van der Waals surface area contributed by atoms with Gasteiger partial charge in [0, 0.05) is 12.7 Å². The van der Waals surface area contributed by atoms with Gasteiger partial charge in [-0.05, 0) is 12.1 Å². The molecule has 0 saturated heterocycles. The molecule has 0 aliphatic heterocycles. The predicted molar refractivity (Wildman–Crippen MR) is 64.7 cm³/mol. The number of carboxylic acids is 1. The van der Waals surface area contributed by atoms with Gasteiger partial charge in [-0.1, -0.05) is 5.21 Å². The minimum absolute atomic E-state index is 0.151. The van der Waals surface area contributed by atoms with Crippen molar-refractivity contribution in [2.24, 2.45) is 0 Å². The van der Waals surface area contributed by atoms with Gasteiger partial charge < -0.3 is 10.4 Å². The fourth-order valence-corrected chi connectivity index (χ4v) is 1.57. The highest BCUT2D eigenvalue weighted by Gasteiger charge is 2.33. The average Bonchev–Trinajstić information content (AvgIpc) is 2.90. The number of carbonyl (C=O) groups is 1. The number of rotatable bonds is 5. The van der Waals surface area contributed by atoms with Crippen LogP contribution in [-0.4, -0.2) is 37.6 Å². The Labute approximate surface area is 116 Å². The highest BCUT2D eigenvalue weighted by atomic mass is 19.4. The third-order valence-electron chi connectivity index (χ3n) is 2.52. The first kappa shape index (κ1) is 14.8. The molecule has 0 bridgehead atoms. The molecule has 0 radical (unpaired) electrons. The van der Waals surface area contributed by atoms with Crippen LogP contribution >= 0.6 is 0 Å². The van der Waals surface area contributed by atoms with Crippen molar-refractivity contribution in [3.8, 4) is 0 Å². The van der Waals surface area contributed by atoms with Crippen LogP contribution in [0.25, 0.3) is 0 Å². The highest BCUT2D eigenvalue weighted by Crippen LogP contribution is 2.29. The molecule has 0 atom stereocenters. The maximum atomic E-state index is 12.6. The van der Waals surface area contributed by atoms with E-state index in [-0.39, 0.29) is 17.9 Å². The number of aromatic nitrogens is 4. The van der Waals surface area contributed by atoms with Crippen molar-refractivity contribution < 1.29 is 23.1 Å². The number of hydrogen-bond acceptors (Lipinski definition) is 5. The first-order valence-electron chi connectivity index (χ1n) is 5.77. The van der Waals surface area contributed by atoms with Crippen LogP contribution in [0.3, 0.4) is 0 Å². The van der Waals surface area contributed by atoms with Crippen molar-refractivity contribution in [3.63, 3.8) is 0 Å². The summed E-state index contributed by atoms with van der Waals surface area (Å²) in [6.45, 7) is 0.453. The number of nitrogens with one attached hydrogen (secondary N) is 1. The van der Waals surface area contributed by atoms with E-state index in [0.717, 1.165) is 6.07 Å². The summed E-state index contributed by atoms with van der Waals surface area (Å²) in [5.74, 6) is -1.70. The molecular formula is C11H10F3N5O2. The topological polar surface area (TPSA) is 92.9 Å². The molecule has 0 aliphatic rings. The Kier molecular flexibility index (Phi) is 4.05. The van der Waals surface area contributed by atoms with Crippen LogP contribution in [0.4, 0.5) is 19.0 Å². The van der Waals surface area contributed by atoms with E-state index in [1.807, 2.05) is 0 Å². The molecule has 0 saturated carbocycles. The molecule has 2 aromatic heterocycles. The van der Waals surface area contributed by atoms with Crippen molar-refractivity contribution in [1.29, 1.82) is 0 Å². The summed E-state index contributed by atoms with van der Waals surface area (Å²) in [5.41, 5.74) is -1.49. The molecule has 0 aromatic carbocycles. The second-order valence-electron chi connectivity index (χ2n) is 3.99. The largest absolute Gasteiger partial charge is 0.478 e. The van der Waals surface area contributed by atoms with Crippen molar-refractivity contribution in [1.82, 2.24) is 20.0 Å². The summed E-state index contributed by atoms with van der Waals surface area (Å²) in [7, 11) is 0. The number of anilines is 1. The molecule has 112 valence electrons. The van der Waals surface area contributed by atoms with Gasteiger partial charge in [-0.25, -0.2) is 9.78 Å². The van der Waals surface area contributed by atoms with Crippen molar-refractivity contribution >= 4 is 11.8 Å². The Balaban J connectivity index is 2.16. The van der Waals surface area contributed by atoms with Gasteiger partial charge >= 0.3 is 12.1 Å². The monoisotopic (exact) mass is 301 g/mol. The third kappa shape index (κ3) is 3.68. The van der Waals surface area contributed by atoms with Gasteiger partial charge in [0.15, 0.2) is 0 Å². The molecule has 0 aliphatic carbocycles. The van der Waals surface area contributed by atoms with Crippen LogP contribution in [-0.2, 0) is 12.7 Å². The van der Waals surface area contributed by atoms with Gasteiger partial charge in [-0.2, -0.15) is 13.2 Å². The van der Waals surface area contributed by atoms with Gasteiger partial charge in [0.05, 0.1) is 12.7 Å². The maximum Gasteiger partial charge on any atom is 0.433 e. The molecular weight excluding hydrogens is 291 g/mol. The van der Waals surface area contributed by atoms with E-state index < -0.39 is 17.8 Å². The summed E-state index contributed by atoms with van der Waals surface area (Å²) < 4.78 is 39.2. The van der Waals surface area contributed by atoms with Crippen molar-refractivity contribution in [3.05, 3.63) is 35.8 Å². The summed E-state index contributed by atoms with van der Waals surface area (Å²) >= 11 is 0. The molecule has 0 fully saturated rings. The summed E-state index contributed by atoms with van der Waals surface area (Å²) in [6.07, 6.45) is -1.62. The SMILES string of the molecule is O=C(O)c1ccc(C(F)(F)F)nc1NCCn1ccnn1. The average molecular weight is 301 g/mol. The zero-order chi connectivity index (χ0) is 15.5. The van der Waals surface area contributed by atoms with E-state index in [9.17, 15) is 18.0 Å². The maximum absolute atomic E-state index is 12.6. The van der Waals surface area contributed by atoms with Gasteiger partial charge in [-0.15, -0.1) is 5.10 Å². The van der Waals surface area contributed by atoms with E-state index in [4.69, 9.17) is 5.11 Å². The molecule has 21 heavy (non-hydrogen) atoms. The molecule has 2 aromatic rings. The number of carboxylic acid groups (broad SMARTS) is 1. The Morgan fingerprint density at radius 1 is 1.38 bits per heavy atom. The van der Waals surface area contributed by atoms with E-state index in [0.29, 0.717) is 12.6 Å². The van der Waals surface area contributed by atoms with Crippen LogP contribution in [0.5, 0.6) is 0 Å². The van der Waals surface area contributed by atoms with Gasteiger partial charge in [0.2, 0.25) is 0 Å². The lowest BCUT2D eigenvalue weighted by molar-refractivity contribution is -0.141. The Bertz CT molecular complexity index is 627. The van der Waals surface area contributed by atoms with Crippen LogP contribution in [0.1, 0.15) is 16.1 Å². The summed E-state index contributed by atoms with van der Waals surface area (Å²) in [6, 6.07) is 1.50. The third-order valence-corrected chi connectivity index (χ3v) is 2.52. The molecule has 10 heteroatoms. The van der Waals surface area contributed by atoms with Gasteiger partial charge in [0.25, 0.3) is 0 Å². The fourth-order valence-electron chi connectivity index (χ4n) is 1.57. The molecule has 0 amide bonds. The second kappa shape index (κ2) is 5.77. The quantitative estimate of drug-likeness (QED) is 0.869. The lowest BCUT2D eigenvalue weighted by Crippen LogP contribution is -2.17. The molecule has 0 spiro atoms. The number of halogens is 3. The Morgan fingerprint density at radius 2 is 2.14 bits per heavy atom. The number of nitrogens with zero attached hydrogens (tertiary/aromatic N) is 4. The van der Waals surface area contributed by atoms with E-state index in [1.54, 1.807) is 6.20 Å². The van der Waals surface area contributed by atoms with Crippen molar-refractivity contribution in [2.75, 3.05) is 11.9 Å². The van der Waals surface area contributed by atoms with Crippen LogP contribution in [0, 0.1) is 0 Å². The first-order chi connectivity index (χ1) is 9.88. The van der Waals surface area contributed by atoms with Crippen LogP contribution in [0.15, 0.2) is 24.5 Å². The summed E-state index contributed by atoms with van der Waals surface area (Å²) in [4.78, 5) is 14.3. The number of pyridine rings is 1. The molecule has 2 rings (SSSR count). The smallest absolute Gasteiger partial charge is 0.433 e. The minimum atomic E-state index is -4.64. The standard InChI is InChI=1S/C11H10F3N5O2/c12-11(13,14)8-2-1-7(10(20)21)9(17-8)15-3-5-19-6-4-16-18-19/h1-2,4,6H,3,5H2,(H,15,17)(H,20,21). The fraction of sp³-hybridized carbons (Fsp3) is 0.273. The zero-order valence-electron chi connectivity index (χ0n) is 10.5. The molecule has 0 unspecified atom stereocenters. The number of aromatic carboxylic acids is 1. The predicted octanol–water partition coefficient (Wildman–Crippen LogP) is 1.50. The normalized spacial score (nSPS) is 11.4. The van der Waals surface area contributed by atoms with E-state index >= 15 is 0 Å². The van der Waals surface area contributed by atoms with Gasteiger partial charge in [-0.3, -0.25) is 4.68 Å². The van der Waals surface area contributed by atoms with Crippen LogP contribution in [0.2, 0.25) is 0 Å². The molecule has 2 N–H and O–H groups in total. The second-order valence-corrected chi connectivity index (χ2v) is 3.99. The molecule has 7 nitrogen and oxygen atoms in total. The van der Waals surface area contributed by atoms with Crippen molar-refractivity contribution in [2.45, 2.75) is 12.7 Å². The highest BCUT2D eigenvalue weighted by molar-refractivity contribution is 5.93. The lowest BCUT2D eigenvalue weighted by Gasteiger charge is -2.12. The summed E-state index contributed by atoms with van der Waals surface area (Å²) in [5, 5.41) is 18.8. The van der Waals surface area contributed by atoms with Crippen LogP contribution < -0.4 is 5.32 Å². The van der Waals surface area contributed by atoms with E-state index in [1.165, 1.54) is 10.9 Å². The van der Waals surface area contributed by atoms with E-state index in [2.05, 4.69) is 20.6 Å². The molecule has 2 heterocycles. The number of alkyl halides is 3. The van der Waals surface area contributed by atoms with Gasteiger partial charge in [0.1, 0.15) is 17.1 Å². The number of hydrogen-bond donors (Lipinski definition) is 2. The first-order valence-corrected chi connectivity index (χ1v) is 5.77. The zero-order valence-corrected chi connectivity index (χ0v) is 10.5. The Morgan fingerprint density at radius 3 is 2.71 bits per heavy atom. The minimum Gasteiger partial charge on any atom is -0.478 e. The Hall–Kier alpha value is -2.65. The lowest BCUT2D eigenvalue weighted by atomic mass is 10.2.